The highest BCUT2D eigenvalue weighted by Crippen LogP contribution is 2.27. The summed E-state index contributed by atoms with van der Waals surface area (Å²) in [6.45, 7) is 1.47. The van der Waals surface area contributed by atoms with E-state index in [0.29, 0.717) is 37.3 Å². The third kappa shape index (κ3) is 4.56. The van der Waals surface area contributed by atoms with Gasteiger partial charge in [-0.1, -0.05) is 47.6 Å². The minimum Gasteiger partial charge on any atom is -0.325 e. The largest absolute Gasteiger partial charge is 0.325 e. The molecule has 9 heteroatoms. The molecule has 2 aromatic heterocycles. The zero-order valence-corrected chi connectivity index (χ0v) is 18.7. The summed E-state index contributed by atoms with van der Waals surface area (Å²) in [6, 6.07) is 15.5. The fourth-order valence-electron chi connectivity index (χ4n) is 2.98. The molecule has 0 aliphatic carbocycles. The summed E-state index contributed by atoms with van der Waals surface area (Å²) in [4.78, 5) is 41.8. The maximum atomic E-state index is 13.1. The fraction of sp³-hybridized carbons (Fsp3) is 0.0909. The zero-order valence-electron chi connectivity index (χ0n) is 16.3. The molecule has 4 rings (SSSR count). The van der Waals surface area contributed by atoms with Gasteiger partial charge in [0.1, 0.15) is 4.70 Å². The molecule has 1 N–H and O–H groups in total. The van der Waals surface area contributed by atoms with Crippen LogP contribution in [0.25, 0.3) is 15.9 Å². The topological polar surface area (TPSA) is 81.1 Å². The maximum Gasteiger partial charge on any atom is 0.276 e. The van der Waals surface area contributed by atoms with Crippen LogP contribution in [0.1, 0.15) is 17.3 Å². The Bertz CT molecular complexity index is 1360. The number of ketones is 1. The van der Waals surface area contributed by atoms with Gasteiger partial charge >= 0.3 is 0 Å². The summed E-state index contributed by atoms with van der Waals surface area (Å²) < 4.78 is 1.96. The Morgan fingerprint density at radius 1 is 1.16 bits per heavy atom. The Kier molecular flexibility index (Phi) is 6.22. The molecule has 0 atom stereocenters. The van der Waals surface area contributed by atoms with Gasteiger partial charge in [-0.3, -0.25) is 19.0 Å². The van der Waals surface area contributed by atoms with Crippen molar-refractivity contribution in [3.63, 3.8) is 0 Å². The Labute approximate surface area is 190 Å². The van der Waals surface area contributed by atoms with Gasteiger partial charge in [0, 0.05) is 11.3 Å². The van der Waals surface area contributed by atoms with Gasteiger partial charge in [-0.05, 0) is 42.6 Å². The smallest absolute Gasteiger partial charge is 0.276 e. The van der Waals surface area contributed by atoms with Gasteiger partial charge in [-0.25, -0.2) is 4.98 Å². The zero-order chi connectivity index (χ0) is 22.0. The third-order valence-electron chi connectivity index (χ3n) is 4.43. The summed E-state index contributed by atoms with van der Waals surface area (Å²) >= 11 is 8.79. The highest BCUT2D eigenvalue weighted by Gasteiger charge is 2.17. The number of halogens is 1. The number of hydrogen-bond acceptors (Lipinski definition) is 6. The molecule has 2 aromatic carbocycles. The van der Waals surface area contributed by atoms with Crippen molar-refractivity contribution in [2.24, 2.45) is 0 Å². The Morgan fingerprint density at radius 3 is 2.74 bits per heavy atom. The molecule has 0 saturated heterocycles. The van der Waals surface area contributed by atoms with Gasteiger partial charge in [0.15, 0.2) is 10.9 Å². The van der Waals surface area contributed by atoms with Crippen LogP contribution in [-0.2, 0) is 4.79 Å². The van der Waals surface area contributed by atoms with Crippen LogP contribution < -0.4 is 10.9 Å². The molecule has 0 unspecified atom stereocenters. The molecule has 31 heavy (non-hydrogen) atoms. The quantitative estimate of drug-likeness (QED) is 0.243. The lowest BCUT2D eigenvalue weighted by Gasteiger charge is -2.13. The van der Waals surface area contributed by atoms with Crippen LogP contribution in [0.15, 0.2) is 69.9 Å². The van der Waals surface area contributed by atoms with Crippen LogP contribution in [0, 0.1) is 0 Å². The Morgan fingerprint density at radius 2 is 1.97 bits per heavy atom. The lowest BCUT2D eigenvalue weighted by molar-refractivity contribution is -0.113. The number of fused-ring (bicyclic) bond motifs is 1. The first-order valence-electron chi connectivity index (χ1n) is 9.23. The average Bonchev–Trinajstić information content (AvgIpc) is 3.22. The number of hydrogen-bond donors (Lipinski definition) is 1. The number of rotatable bonds is 6. The van der Waals surface area contributed by atoms with Crippen LogP contribution in [0.4, 0.5) is 5.69 Å². The van der Waals surface area contributed by atoms with Crippen LogP contribution in [0.2, 0.25) is 5.02 Å². The molecule has 156 valence electrons. The number of carbonyl (C=O) groups excluding carboxylic acids is 2. The molecular weight excluding hydrogens is 454 g/mol. The van der Waals surface area contributed by atoms with E-state index in [1.165, 1.54) is 22.8 Å². The van der Waals surface area contributed by atoms with E-state index in [-0.39, 0.29) is 23.0 Å². The second kappa shape index (κ2) is 9.05. The third-order valence-corrected chi connectivity index (χ3v) is 6.58. The van der Waals surface area contributed by atoms with Crippen molar-refractivity contribution in [3.8, 4) is 5.69 Å². The number of nitrogens with one attached hydrogen (secondary N) is 1. The lowest BCUT2D eigenvalue weighted by Crippen LogP contribution is -2.22. The monoisotopic (exact) mass is 469 g/mol. The summed E-state index contributed by atoms with van der Waals surface area (Å²) in [6.07, 6.45) is 0. The van der Waals surface area contributed by atoms with Gasteiger partial charge in [-0.15, -0.1) is 11.3 Å². The molecule has 4 aromatic rings. The maximum absolute atomic E-state index is 13.1. The van der Waals surface area contributed by atoms with Crippen LogP contribution in [0.5, 0.6) is 0 Å². The molecule has 0 radical (unpaired) electrons. The number of Topliss-reactive ketones (excluding diaryl/α,β-unsaturated/α-hetero) is 1. The van der Waals surface area contributed by atoms with E-state index in [1.807, 2.05) is 0 Å². The predicted octanol–water partition coefficient (Wildman–Crippen LogP) is 5.03. The van der Waals surface area contributed by atoms with Crippen LogP contribution in [-0.4, -0.2) is 27.0 Å². The first kappa shape index (κ1) is 21.3. The van der Waals surface area contributed by atoms with Crippen molar-refractivity contribution in [2.75, 3.05) is 11.1 Å². The molecule has 0 aliphatic heterocycles. The standard InChI is InChI=1S/C22H16ClN3O3S2/c1-13(27)14-5-4-6-15(11-14)24-19(28)12-31-22-25-17-9-10-30-20(17)21(29)26(22)18-8-3-2-7-16(18)23/h2-11H,12H2,1H3,(H,24,28). The number of anilines is 1. The van der Waals surface area contributed by atoms with Crippen molar-refractivity contribution < 1.29 is 9.59 Å². The van der Waals surface area contributed by atoms with Gasteiger partial charge in [0.05, 0.1) is 22.0 Å². The summed E-state index contributed by atoms with van der Waals surface area (Å²) in [5.74, 6) is -0.338. The summed E-state index contributed by atoms with van der Waals surface area (Å²) in [5, 5.41) is 5.36. The first-order valence-corrected chi connectivity index (χ1v) is 11.5. The van der Waals surface area contributed by atoms with E-state index in [1.54, 1.807) is 60.0 Å². The van der Waals surface area contributed by atoms with E-state index in [4.69, 9.17) is 11.6 Å². The first-order chi connectivity index (χ1) is 14.9. The molecule has 0 fully saturated rings. The number of thioether (sulfide) groups is 1. The normalized spacial score (nSPS) is 10.9. The number of para-hydroxylation sites is 1. The van der Waals surface area contributed by atoms with E-state index < -0.39 is 0 Å². The van der Waals surface area contributed by atoms with Crippen molar-refractivity contribution in [1.82, 2.24) is 9.55 Å². The van der Waals surface area contributed by atoms with Crippen LogP contribution >= 0.6 is 34.7 Å². The number of aromatic nitrogens is 2. The molecule has 0 aliphatic rings. The SMILES string of the molecule is CC(=O)c1cccc(NC(=O)CSc2nc3ccsc3c(=O)n2-c2ccccc2Cl)c1. The highest BCUT2D eigenvalue weighted by molar-refractivity contribution is 7.99. The second-order valence-corrected chi connectivity index (χ2v) is 8.86. The second-order valence-electron chi connectivity index (χ2n) is 6.60. The predicted molar refractivity (Wildman–Crippen MR) is 126 cm³/mol. The summed E-state index contributed by atoms with van der Waals surface area (Å²) in [7, 11) is 0. The average molecular weight is 470 g/mol. The van der Waals surface area contributed by atoms with Gasteiger partial charge in [0.25, 0.3) is 5.56 Å². The molecular formula is C22H16ClN3O3S2. The highest BCUT2D eigenvalue weighted by atomic mass is 35.5. The fourth-order valence-corrected chi connectivity index (χ4v) is 4.76. The van der Waals surface area contributed by atoms with Gasteiger partial charge in [-0.2, -0.15) is 0 Å². The van der Waals surface area contributed by atoms with Gasteiger partial charge in [0.2, 0.25) is 5.91 Å². The minimum atomic E-state index is -0.281. The van der Waals surface area contributed by atoms with E-state index in [0.717, 1.165) is 11.8 Å². The number of thiophene rings is 1. The van der Waals surface area contributed by atoms with Crippen molar-refractivity contribution in [1.29, 1.82) is 0 Å². The number of carbonyl (C=O) groups is 2. The number of nitrogens with zero attached hydrogens (tertiary/aromatic N) is 2. The van der Waals surface area contributed by atoms with E-state index in [2.05, 4.69) is 10.3 Å². The van der Waals surface area contributed by atoms with E-state index >= 15 is 0 Å². The Balaban J connectivity index is 1.62. The molecule has 1 amide bonds. The van der Waals surface area contributed by atoms with Crippen molar-refractivity contribution >= 4 is 62.3 Å². The van der Waals surface area contributed by atoms with Gasteiger partial charge < -0.3 is 5.32 Å². The van der Waals surface area contributed by atoms with E-state index in [9.17, 15) is 14.4 Å². The van der Waals surface area contributed by atoms with Crippen molar-refractivity contribution in [3.05, 3.63) is 80.9 Å². The molecule has 0 spiro atoms. The minimum absolute atomic E-state index is 0.0246. The number of amides is 1. The molecule has 6 nitrogen and oxygen atoms in total. The molecule has 2 heterocycles. The molecule has 0 bridgehead atoms. The lowest BCUT2D eigenvalue weighted by atomic mass is 10.1. The summed E-state index contributed by atoms with van der Waals surface area (Å²) in [5.41, 5.74) is 1.90. The molecule has 0 saturated carbocycles. The number of benzene rings is 2. The van der Waals surface area contributed by atoms with Crippen LogP contribution in [0.3, 0.4) is 0 Å². The Hall–Kier alpha value is -2.94. The van der Waals surface area contributed by atoms with Crippen molar-refractivity contribution in [2.45, 2.75) is 12.1 Å².